The molecule has 0 aromatic carbocycles. The van der Waals surface area contributed by atoms with E-state index in [-0.39, 0.29) is 12.4 Å². The van der Waals surface area contributed by atoms with Crippen LogP contribution in [0.5, 0.6) is 5.88 Å². The Kier molecular flexibility index (Phi) is 3.77. The van der Waals surface area contributed by atoms with Gasteiger partial charge in [-0.05, 0) is 24.8 Å². The maximum absolute atomic E-state index is 6.30. The Labute approximate surface area is 141 Å². The van der Waals surface area contributed by atoms with Crippen molar-refractivity contribution in [2.45, 2.75) is 18.9 Å². The molecule has 4 bridgehead atoms. The Morgan fingerprint density at radius 3 is 2.48 bits per heavy atom. The van der Waals surface area contributed by atoms with Crippen LogP contribution < -0.4 is 4.74 Å². The first kappa shape index (κ1) is 15.0. The van der Waals surface area contributed by atoms with E-state index in [9.17, 15) is 0 Å². The predicted octanol–water partition coefficient (Wildman–Crippen LogP) is 2.61. The Morgan fingerprint density at radius 1 is 1.04 bits per heavy atom. The van der Waals surface area contributed by atoms with Crippen LogP contribution in [0.3, 0.4) is 0 Å². The van der Waals surface area contributed by atoms with E-state index in [1.165, 1.54) is 32.5 Å². The first-order valence-corrected chi connectivity index (χ1v) is 8.19. The number of piperidine rings is 3. The second-order valence-corrected chi connectivity index (χ2v) is 7.03. The first-order valence-electron chi connectivity index (χ1n) is 8.19. The molecule has 4 aliphatic rings. The van der Waals surface area contributed by atoms with Crippen molar-refractivity contribution in [1.82, 2.24) is 20.1 Å². The minimum atomic E-state index is 0. The van der Waals surface area contributed by atoms with E-state index in [4.69, 9.17) is 4.74 Å². The summed E-state index contributed by atoms with van der Waals surface area (Å²) in [6.07, 6.45) is 8.60. The second-order valence-electron chi connectivity index (χ2n) is 7.03. The highest BCUT2D eigenvalue weighted by atomic mass is 35.5. The lowest BCUT2D eigenvalue weighted by atomic mass is 9.66. The van der Waals surface area contributed by atoms with Crippen molar-refractivity contribution in [3.05, 3.63) is 30.7 Å². The van der Waals surface area contributed by atoms with E-state index in [0.717, 1.165) is 22.9 Å². The molecule has 2 atom stereocenters. The minimum absolute atomic E-state index is 0. The van der Waals surface area contributed by atoms with Gasteiger partial charge in [0.15, 0.2) is 0 Å². The van der Waals surface area contributed by atoms with Gasteiger partial charge in [0.25, 0.3) is 0 Å². The number of H-pyrrole nitrogens is 1. The van der Waals surface area contributed by atoms with Gasteiger partial charge in [-0.25, -0.2) is 4.98 Å². The van der Waals surface area contributed by atoms with Gasteiger partial charge in [-0.2, -0.15) is 5.10 Å². The number of aromatic amines is 1. The molecule has 0 radical (unpaired) electrons. The molecule has 5 nitrogen and oxygen atoms in total. The first-order chi connectivity index (χ1) is 10.8. The summed E-state index contributed by atoms with van der Waals surface area (Å²) in [4.78, 5) is 7.14. The van der Waals surface area contributed by atoms with Crippen LogP contribution in [-0.2, 0) is 0 Å². The van der Waals surface area contributed by atoms with Gasteiger partial charge in [-0.1, -0.05) is 0 Å². The summed E-state index contributed by atoms with van der Waals surface area (Å²) in [6, 6.07) is 4.06. The Hall–Kier alpha value is -1.59. The molecule has 23 heavy (non-hydrogen) atoms. The third-order valence-corrected chi connectivity index (χ3v) is 5.53. The quantitative estimate of drug-likeness (QED) is 0.938. The topological polar surface area (TPSA) is 54.0 Å². The summed E-state index contributed by atoms with van der Waals surface area (Å²) < 4.78 is 6.30. The highest BCUT2D eigenvalue weighted by molar-refractivity contribution is 5.85. The van der Waals surface area contributed by atoms with Gasteiger partial charge in [-0.15, -0.1) is 12.4 Å². The lowest BCUT2D eigenvalue weighted by molar-refractivity contribution is -0.0997. The molecule has 1 aliphatic carbocycles. The maximum atomic E-state index is 6.30. The van der Waals surface area contributed by atoms with Crippen LogP contribution in [0.15, 0.2) is 30.7 Å². The van der Waals surface area contributed by atoms with E-state index in [1.54, 1.807) is 0 Å². The van der Waals surface area contributed by atoms with Gasteiger partial charge >= 0.3 is 0 Å². The van der Waals surface area contributed by atoms with E-state index < -0.39 is 0 Å². The predicted molar refractivity (Wildman–Crippen MR) is 89.6 cm³/mol. The van der Waals surface area contributed by atoms with Crippen molar-refractivity contribution in [3.8, 4) is 17.0 Å². The second kappa shape index (κ2) is 5.80. The molecule has 122 valence electrons. The number of halogens is 1. The highest BCUT2D eigenvalue weighted by Crippen LogP contribution is 2.44. The van der Waals surface area contributed by atoms with Crippen molar-refractivity contribution in [2.24, 2.45) is 17.8 Å². The molecule has 6 rings (SSSR count). The molecular weight excluding hydrogens is 312 g/mol. The number of ether oxygens (including phenoxy) is 1. The van der Waals surface area contributed by atoms with Crippen molar-refractivity contribution in [3.63, 3.8) is 0 Å². The Balaban J connectivity index is 0.00000135. The molecule has 4 fully saturated rings. The standard InChI is InChI=1S/C17H20N4O.ClH/c1-2-16(18-5-12(1)15-6-19-20-7-15)22-17-13-3-11-4-14(17)10-21(8-11)9-13;/h1-2,5-7,11,13-14,17H,3-4,8-10H2,(H,19,20);1H. The van der Waals surface area contributed by atoms with Crippen LogP contribution in [0, 0.1) is 17.8 Å². The fraction of sp³-hybridized carbons (Fsp3) is 0.529. The van der Waals surface area contributed by atoms with Crippen LogP contribution >= 0.6 is 12.4 Å². The third kappa shape index (κ3) is 2.62. The maximum Gasteiger partial charge on any atom is 0.213 e. The van der Waals surface area contributed by atoms with E-state index >= 15 is 0 Å². The molecule has 1 N–H and O–H groups in total. The van der Waals surface area contributed by atoms with Crippen molar-refractivity contribution >= 4 is 12.4 Å². The number of aromatic nitrogens is 3. The zero-order valence-electron chi connectivity index (χ0n) is 12.9. The van der Waals surface area contributed by atoms with Gasteiger partial charge in [0, 0.05) is 61.1 Å². The monoisotopic (exact) mass is 332 g/mol. The lowest BCUT2D eigenvalue weighted by Gasteiger charge is -2.55. The third-order valence-electron chi connectivity index (χ3n) is 5.53. The summed E-state index contributed by atoms with van der Waals surface area (Å²) in [7, 11) is 0. The zero-order valence-corrected chi connectivity index (χ0v) is 13.7. The number of pyridine rings is 1. The van der Waals surface area contributed by atoms with Crippen molar-refractivity contribution in [2.75, 3.05) is 19.6 Å². The highest BCUT2D eigenvalue weighted by Gasteiger charge is 2.48. The molecule has 1 saturated carbocycles. The zero-order chi connectivity index (χ0) is 14.5. The fourth-order valence-electron chi connectivity index (χ4n) is 4.73. The van der Waals surface area contributed by atoms with Crippen LogP contribution in [0.2, 0.25) is 0 Å². The fourth-order valence-corrected chi connectivity index (χ4v) is 4.73. The normalized spacial score (nSPS) is 34.2. The van der Waals surface area contributed by atoms with Crippen LogP contribution in [0.1, 0.15) is 12.8 Å². The van der Waals surface area contributed by atoms with E-state index in [1.807, 2.05) is 24.7 Å². The van der Waals surface area contributed by atoms with Crippen molar-refractivity contribution < 1.29 is 4.74 Å². The number of nitrogens with zero attached hydrogens (tertiary/aromatic N) is 3. The number of nitrogens with one attached hydrogen (secondary N) is 1. The summed E-state index contributed by atoms with van der Waals surface area (Å²) in [5.41, 5.74) is 2.12. The largest absolute Gasteiger partial charge is 0.474 e. The average molecular weight is 333 g/mol. The number of hydrogen-bond donors (Lipinski definition) is 1. The minimum Gasteiger partial charge on any atom is -0.474 e. The Bertz CT molecular complexity index is 630. The number of rotatable bonds is 3. The SMILES string of the molecule is Cl.c1cc(OC2C3CC4CC2CN(C4)C3)ncc1-c1cn[nH]c1. The Morgan fingerprint density at radius 2 is 1.87 bits per heavy atom. The molecule has 2 aromatic rings. The molecule has 2 unspecified atom stereocenters. The molecular formula is C17H21ClN4O. The van der Waals surface area contributed by atoms with Crippen LogP contribution in [0.4, 0.5) is 0 Å². The van der Waals surface area contributed by atoms with E-state index in [2.05, 4.69) is 26.1 Å². The van der Waals surface area contributed by atoms with Gasteiger partial charge < -0.3 is 9.64 Å². The van der Waals surface area contributed by atoms with Crippen LogP contribution in [-0.4, -0.2) is 45.8 Å². The summed E-state index contributed by atoms with van der Waals surface area (Å²) >= 11 is 0. The smallest absolute Gasteiger partial charge is 0.213 e. The lowest BCUT2D eigenvalue weighted by Crippen LogP contribution is -2.61. The number of hydrogen-bond acceptors (Lipinski definition) is 4. The molecule has 3 saturated heterocycles. The molecule has 3 aliphatic heterocycles. The summed E-state index contributed by atoms with van der Waals surface area (Å²) in [6.45, 7) is 3.74. The molecule has 2 aromatic heterocycles. The molecule has 6 heteroatoms. The summed E-state index contributed by atoms with van der Waals surface area (Å²) in [5, 5.41) is 6.81. The van der Waals surface area contributed by atoms with Gasteiger partial charge in [0.1, 0.15) is 6.10 Å². The molecule has 5 heterocycles. The van der Waals surface area contributed by atoms with Gasteiger partial charge in [0.2, 0.25) is 5.88 Å². The van der Waals surface area contributed by atoms with Crippen LogP contribution in [0.25, 0.3) is 11.1 Å². The van der Waals surface area contributed by atoms with Crippen molar-refractivity contribution in [1.29, 1.82) is 0 Å². The van der Waals surface area contributed by atoms with Gasteiger partial charge in [-0.3, -0.25) is 5.10 Å². The van der Waals surface area contributed by atoms with Gasteiger partial charge in [0.05, 0.1) is 6.20 Å². The average Bonchev–Trinajstić information content (AvgIpc) is 3.05. The van der Waals surface area contributed by atoms with E-state index in [0.29, 0.717) is 17.9 Å². The summed E-state index contributed by atoms with van der Waals surface area (Å²) in [5.74, 6) is 3.07. The molecule has 0 spiro atoms. The molecule has 0 amide bonds.